The van der Waals surface area contributed by atoms with Crippen LogP contribution in [-0.4, -0.2) is 66.2 Å². The summed E-state index contributed by atoms with van der Waals surface area (Å²) in [5.74, 6) is 3.85. The molecule has 0 aliphatic carbocycles. The summed E-state index contributed by atoms with van der Waals surface area (Å²) in [4.78, 5) is 29.3. The predicted molar refractivity (Wildman–Crippen MR) is 132 cm³/mol. The quantitative estimate of drug-likeness (QED) is 0.316. The van der Waals surface area contributed by atoms with Crippen molar-refractivity contribution in [2.24, 2.45) is 10.7 Å². The number of benzene rings is 2. The Kier molecular flexibility index (Phi) is 7.24. The molecular formula is C25H26N6O3. The summed E-state index contributed by atoms with van der Waals surface area (Å²) in [7, 11) is 3.23. The number of carbonyl (C=O) groups excluding carboxylic acids is 2. The third-order valence-corrected chi connectivity index (χ3v) is 5.50. The zero-order chi connectivity index (χ0) is 24.9. The Morgan fingerprint density at radius 1 is 1.35 bits per heavy atom. The summed E-state index contributed by atoms with van der Waals surface area (Å²) in [6.45, 7) is 0.444. The minimum atomic E-state index is -1.69. The van der Waals surface area contributed by atoms with Crippen LogP contribution in [0.15, 0.2) is 47.5 Å². The first-order valence-corrected chi connectivity index (χ1v) is 10.5. The Morgan fingerprint density at radius 3 is 2.74 bits per heavy atom. The van der Waals surface area contributed by atoms with E-state index < -0.39 is 23.3 Å². The maximum atomic E-state index is 12.1. The number of amides is 2. The molecule has 174 valence electrons. The van der Waals surface area contributed by atoms with Crippen LogP contribution in [0, 0.1) is 22.7 Å². The van der Waals surface area contributed by atoms with E-state index in [-0.39, 0.29) is 17.7 Å². The molecular weight excluding hydrogens is 432 g/mol. The number of primary amides is 1. The van der Waals surface area contributed by atoms with Gasteiger partial charge in [0, 0.05) is 62.0 Å². The number of hydrogen-bond acceptors (Lipinski definition) is 7. The number of nitrogens with one attached hydrogen (secondary N) is 3. The molecule has 1 fully saturated rings. The highest BCUT2D eigenvalue weighted by molar-refractivity contribution is 6.44. The highest BCUT2D eigenvalue weighted by Gasteiger charge is 2.42. The molecule has 2 aromatic carbocycles. The summed E-state index contributed by atoms with van der Waals surface area (Å²) in [5.41, 5.74) is 5.95. The molecule has 3 rings (SSSR count). The second-order valence-corrected chi connectivity index (χ2v) is 7.94. The van der Waals surface area contributed by atoms with Crippen molar-refractivity contribution >= 4 is 41.3 Å². The van der Waals surface area contributed by atoms with Crippen LogP contribution in [0.1, 0.15) is 29.0 Å². The summed E-state index contributed by atoms with van der Waals surface area (Å²) in [6.07, 6.45) is 3.06. The Hall–Kier alpha value is -4.29. The van der Waals surface area contributed by atoms with E-state index in [1.807, 2.05) is 0 Å². The standard InChI is InChI=1S/C25H26N6O3/c1-29-15-18(14-26)17-6-7-21(20(13-17)22(27)23(28)32)30-19-5-3-4-16(12-19)8-9-25(34)10-11-31(2)24(25)33/h3-7,12-15,18,26-27,30,34H,10-11H2,1-2H3,(H2,28,32). The fourth-order valence-corrected chi connectivity index (χ4v) is 3.58. The third kappa shape index (κ3) is 5.19. The Morgan fingerprint density at radius 2 is 2.12 bits per heavy atom. The van der Waals surface area contributed by atoms with Crippen LogP contribution in [-0.2, 0) is 9.59 Å². The maximum absolute atomic E-state index is 12.1. The molecule has 34 heavy (non-hydrogen) atoms. The molecule has 0 radical (unpaired) electrons. The number of carbonyl (C=O) groups is 2. The number of likely N-dealkylation sites (N-methyl/N-ethyl adjacent to an activating group) is 1. The van der Waals surface area contributed by atoms with Gasteiger partial charge in [0.2, 0.25) is 5.60 Å². The zero-order valence-corrected chi connectivity index (χ0v) is 18.9. The summed E-state index contributed by atoms with van der Waals surface area (Å²) >= 11 is 0. The van der Waals surface area contributed by atoms with Crippen LogP contribution in [0.5, 0.6) is 0 Å². The van der Waals surface area contributed by atoms with E-state index in [4.69, 9.17) is 16.6 Å². The first-order valence-electron chi connectivity index (χ1n) is 10.5. The predicted octanol–water partition coefficient (Wildman–Crippen LogP) is 1.66. The number of aliphatic imine (C=N–C) groups is 1. The fourth-order valence-electron chi connectivity index (χ4n) is 3.58. The van der Waals surface area contributed by atoms with E-state index in [9.17, 15) is 14.7 Å². The van der Waals surface area contributed by atoms with Gasteiger partial charge < -0.3 is 26.5 Å². The van der Waals surface area contributed by atoms with Crippen molar-refractivity contribution in [1.29, 1.82) is 10.8 Å². The molecule has 2 amide bonds. The Labute approximate surface area is 197 Å². The fraction of sp³-hybridized carbons (Fsp3) is 0.240. The zero-order valence-electron chi connectivity index (χ0n) is 18.9. The van der Waals surface area contributed by atoms with Gasteiger partial charge in [0.15, 0.2) is 0 Å². The van der Waals surface area contributed by atoms with Gasteiger partial charge >= 0.3 is 0 Å². The van der Waals surface area contributed by atoms with Crippen LogP contribution in [0.25, 0.3) is 0 Å². The van der Waals surface area contributed by atoms with Gasteiger partial charge in [-0.2, -0.15) is 0 Å². The Bertz CT molecular complexity index is 1240. The third-order valence-electron chi connectivity index (χ3n) is 5.50. The molecule has 6 N–H and O–H groups in total. The van der Waals surface area contributed by atoms with Crippen molar-refractivity contribution in [3.05, 3.63) is 59.2 Å². The summed E-state index contributed by atoms with van der Waals surface area (Å²) in [6, 6.07) is 12.1. The van der Waals surface area contributed by atoms with Crippen LogP contribution in [0.3, 0.4) is 0 Å². The van der Waals surface area contributed by atoms with Crippen molar-refractivity contribution in [2.45, 2.75) is 17.9 Å². The lowest BCUT2D eigenvalue weighted by Gasteiger charge is -2.15. The lowest BCUT2D eigenvalue weighted by Crippen LogP contribution is -2.37. The molecule has 9 nitrogen and oxygen atoms in total. The highest BCUT2D eigenvalue weighted by atomic mass is 16.3. The number of hydrogen-bond donors (Lipinski definition) is 5. The van der Waals surface area contributed by atoms with Gasteiger partial charge in [0.25, 0.3) is 11.8 Å². The van der Waals surface area contributed by atoms with Crippen LogP contribution in [0.4, 0.5) is 11.4 Å². The number of likely N-dealkylation sites (tertiary alicyclic amines) is 1. The number of nitrogens with zero attached hydrogens (tertiary/aromatic N) is 2. The highest BCUT2D eigenvalue weighted by Crippen LogP contribution is 2.26. The van der Waals surface area contributed by atoms with Crippen LogP contribution in [0.2, 0.25) is 0 Å². The van der Waals surface area contributed by atoms with E-state index >= 15 is 0 Å². The van der Waals surface area contributed by atoms with Gasteiger partial charge in [-0.1, -0.05) is 24.0 Å². The van der Waals surface area contributed by atoms with Crippen molar-refractivity contribution < 1.29 is 14.7 Å². The monoisotopic (exact) mass is 458 g/mol. The van der Waals surface area contributed by atoms with E-state index in [2.05, 4.69) is 22.2 Å². The van der Waals surface area contributed by atoms with E-state index in [1.165, 1.54) is 11.1 Å². The smallest absolute Gasteiger partial charge is 0.267 e. The van der Waals surface area contributed by atoms with Crippen molar-refractivity contribution in [2.75, 3.05) is 26.0 Å². The van der Waals surface area contributed by atoms with E-state index in [1.54, 1.807) is 62.8 Å². The van der Waals surface area contributed by atoms with E-state index in [0.29, 0.717) is 29.0 Å². The molecule has 0 aromatic heterocycles. The van der Waals surface area contributed by atoms with Gasteiger partial charge in [-0.05, 0) is 35.9 Å². The largest absolute Gasteiger partial charge is 0.369 e. The molecule has 0 spiro atoms. The van der Waals surface area contributed by atoms with E-state index in [0.717, 1.165) is 0 Å². The van der Waals surface area contributed by atoms with Gasteiger partial charge in [-0.3, -0.25) is 20.0 Å². The van der Waals surface area contributed by atoms with Crippen LogP contribution >= 0.6 is 0 Å². The second-order valence-electron chi connectivity index (χ2n) is 7.94. The van der Waals surface area contributed by atoms with Gasteiger partial charge in [0.1, 0.15) is 5.71 Å². The lowest BCUT2D eigenvalue weighted by atomic mass is 9.96. The summed E-state index contributed by atoms with van der Waals surface area (Å²) in [5, 5.41) is 29.5. The topological polar surface area (TPSA) is 156 Å². The molecule has 2 unspecified atom stereocenters. The molecule has 2 aromatic rings. The average Bonchev–Trinajstić information content (AvgIpc) is 3.09. The van der Waals surface area contributed by atoms with Gasteiger partial charge in [-0.15, -0.1) is 0 Å². The maximum Gasteiger partial charge on any atom is 0.267 e. The molecule has 1 aliphatic rings. The number of nitrogens with two attached hydrogens (primary N) is 1. The van der Waals surface area contributed by atoms with Crippen LogP contribution < -0.4 is 11.1 Å². The lowest BCUT2D eigenvalue weighted by molar-refractivity contribution is -0.137. The SMILES string of the molecule is CN=CC(C=N)c1ccc(Nc2cccc(C#CC3(O)CCN(C)C3=O)c2)c(C(=N)C(N)=O)c1. The van der Waals surface area contributed by atoms with Crippen molar-refractivity contribution in [1.82, 2.24) is 4.90 Å². The molecule has 1 saturated heterocycles. The molecule has 0 bridgehead atoms. The first-order chi connectivity index (χ1) is 16.2. The van der Waals surface area contributed by atoms with Crippen molar-refractivity contribution in [3.8, 4) is 11.8 Å². The molecule has 1 heterocycles. The average molecular weight is 459 g/mol. The minimum absolute atomic E-state index is 0.248. The summed E-state index contributed by atoms with van der Waals surface area (Å²) < 4.78 is 0. The first kappa shape index (κ1) is 24.4. The van der Waals surface area contributed by atoms with Gasteiger partial charge in [-0.25, -0.2) is 0 Å². The molecule has 9 heteroatoms. The number of aliphatic hydroxyl groups is 1. The molecule has 2 atom stereocenters. The molecule has 1 aliphatic heterocycles. The second kappa shape index (κ2) is 10.1. The minimum Gasteiger partial charge on any atom is -0.369 e. The Balaban J connectivity index is 1.93. The molecule has 0 saturated carbocycles. The van der Waals surface area contributed by atoms with Gasteiger partial charge in [0.05, 0.1) is 5.92 Å². The van der Waals surface area contributed by atoms with Crippen molar-refractivity contribution in [3.63, 3.8) is 0 Å². The number of anilines is 2. The normalized spacial score (nSPS) is 18.3. The number of rotatable bonds is 7.